The van der Waals surface area contributed by atoms with Crippen molar-refractivity contribution in [2.24, 2.45) is 0 Å². The Kier molecular flexibility index (Phi) is 5.33. The first-order chi connectivity index (χ1) is 16.0. The van der Waals surface area contributed by atoms with Crippen molar-refractivity contribution >= 4 is 28.4 Å². The second-order valence-electron chi connectivity index (χ2n) is 7.96. The Hall–Kier alpha value is -4.08. The average Bonchev–Trinajstić information content (AvgIpc) is 3.54. The number of hydrogen-bond acceptors (Lipinski definition) is 5. The third kappa shape index (κ3) is 3.84. The SMILES string of the molecule is C=CC(=O)N1C[C@H](F)C[C@H]1C(=O)NCCc1cc2c(-c3cnn4ncccc34)ccnc2[nH]1. The monoisotopic (exact) mass is 447 g/mol. The van der Waals surface area contributed by atoms with Crippen LogP contribution in [0, 0.1) is 0 Å². The van der Waals surface area contributed by atoms with Crippen molar-refractivity contribution in [1.29, 1.82) is 0 Å². The van der Waals surface area contributed by atoms with E-state index in [2.05, 4.69) is 32.1 Å². The maximum atomic E-state index is 13.8. The van der Waals surface area contributed by atoms with Gasteiger partial charge in [-0.15, -0.1) is 0 Å². The highest BCUT2D eigenvalue weighted by Crippen LogP contribution is 2.30. The average molecular weight is 447 g/mol. The summed E-state index contributed by atoms with van der Waals surface area (Å²) in [6.07, 6.45) is 5.61. The van der Waals surface area contributed by atoms with E-state index in [9.17, 15) is 14.0 Å². The third-order valence-electron chi connectivity index (χ3n) is 5.89. The van der Waals surface area contributed by atoms with E-state index in [-0.39, 0.29) is 18.9 Å². The number of alkyl halides is 1. The van der Waals surface area contributed by atoms with Crippen LogP contribution in [0.2, 0.25) is 0 Å². The number of likely N-dealkylation sites (tertiary alicyclic amines) is 1. The van der Waals surface area contributed by atoms with Crippen molar-refractivity contribution in [2.45, 2.75) is 25.1 Å². The smallest absolute Gasteiger partial charge is 0.246 e. The molecule has 2 amide bonds. The second kappa shape index (κ2) is 8.45. The van der Waals surface area contributed by atoms with Gasteiger partial charge in [0, 0.05) is 48.4 Å². The number of aromatic amines is 1. The minimum Gasteiger partial charge on any atom is -0.354 e. The maximum absolute atomic E-state index is 13.8. The molecule has 0 bridgehead atoms. The first kappa shape index (κ1) is 20.8. The number of aromatic nitrogens is 5. The Morgan fingerprint density at radius 2 is 2.15 bits per heavy atom. The summed E-state index contributed by atoms with van der Waals surface area (Å²) in [5, 5.41) is 12.3. The molecule has 1 fully saturated rings. The van der Waals surface area contributed by atoms with Crippen molar-refractivity contribution in [3.8, 4) is 11.1 Å². The zero-order valence-electron chi connectivity index (χ0n) is 17.7. The highest BCUT2D eigenvalue weighted by Gasteiger charge is 2.38. The molecule has 4 aromatic rings. The molecule has 168 valence electrons. The van der Waals surface area contributed by atoms with E-state index in [4.69, 9.17) is 0 Å². The lowest BCUT2D eigenvalue weighted by atomic mass is 10.1. The predicted molar refractivity (Wildman–Crippen MR) is 120 cm³/mol. The van der Waals surface area contributed by atoms with Crippen LogP contribution in [0.15, 0.2) is 55.5 Å². The van der Waals surface area contributed by atoms with Crippen LogP contribution in [0.3, 0.4) is 0 Å². The maximum Gasteiger partial charge on any atom is 0.246 e. The molecule has 0 saturated carbocycles. The number of hydrogen-bond donors (Lipinski definition) is 2. The van der Waals surface area contributed by atoms with Gasteiger partial charge >= 0.3 is 0 Å². The first-order valence-corrected chi connectivity index (χ1v) is 10.7. The molecule has 1 aliphatic rings. The summed E-state index contributed by atoms with van der Waals surface area (Å²) in [7, 11) is 0. The van der Waals surface area contributed by atoms with Crippen molar-refractivity contribution in [1.82, 2.24) is 35.0 Å². The van der Waals surface area contributed by atoms with E-state index >= 15 is 0 Å². The van der Waals surface area contributed by atoms with E-state index in [1.165, 1.54) is 4.90 Å². The van der Waals surface area contributed by atoms with Gasteiger partial charge in [0.1, 0.15) is 17.9 Å². The molecule has 0 aromatic carbocycles. The van der Waals surface area contributed by atoms with Crippen molar-refractivity contribution in [3.05, 3.63) is 61.2 Å². The van der Waals surface area contributed by atoms with Gasteiger partial charge in [-0.05, 0) is 35.9 Å². The number of fused-ring (bicyclic) bond motifs is 2. The number of nitrogens with one attached hydrogen (secondary N) is 2. The van der Waals surface area contributed by atoms with Crippen LogP contribution in [0.4, 0.5) is 4.39 Å². The fourth-order valence-electron chi connectivity index (χ4n) is 4.32. The van der Waals surface area contributed by atoms with Gasteiger partial charge in [0.25, 0.3) is 0 Å². The summed E-state index contributed by atoms with van der Waals surface area (Å²) in [4.78, 5) is 33.4. The molecule has 10 heteroatoms. The van der Waals surface area contributed by atoms with Gasteiger partial charge in [-0.3, -0.25) is 9.59 Å². The van der Waals surface area contributed by atoms with Crippen LogP contribution in [0.5, 0.6) is 0 Å². The molecule has 5 heterocycles. The summed E-state index contributed by atoms with van der Waals surface area (Å²) >= 11 is 0. The summed E-state index contributed by atoms with van der Waals surface area (Å²) in [6, 6.07) is 6.94. The molecule has 5 rings (SSSR count). The lowest BCUT2D eigenvalue weighted by molar-refractivity contribution is -0.135. The van der Waals surface area contributed by atoms with Gasteiger partial charge < -0.3 is 15.2 Å². The third-order valence-corrected chi connectivity index (χ3v) is 5.89. The number of carbonyl (C=O) groups is 2. The Balaban J connectivity index is 1.31. The van der Waals surface area contributed by atoms with Crippen LogP contribution in [0.1, 0.15) is 12.1 Å². The molecule has 0 radical (unpaired) electrons. The number of carbonyl (C=O) groups excluding carboxylic acids is 2. The largest absolute Gasteiger partial charge is 0.354 e. The highest BCUT2D eigenvalue weighted by atomic mass is 19.1. The molecular weight excluding hydrogens is 425 g/mol. The van der Waals surface area contributed by atoms with Crippen molar-refractivity contribution in [2.75, 3.05) is 13.1 Å². The zero-order chi connectivity index (χ0) is 22.9. The van der Waals surface area contributed by atoms with Crippen molar-refractivity contribution in [3.63, 3.8) is 0 Å². The molecule has 0 unspecified atom stereocenters. The van der Waals surface area contributed by atoms with Crippen LogP contribution in [-0.4, -0.2) is 66.8 Å². The Bertz CT molecular complexity index is 1360. The number of pyridine rings is 1. The molecule has 0 spiro atoms. The van der Waals surface area contributed by atoms with Crippen LogP contribution in [0.25, 0.3) is 27.7 Å². The summed E-state index contributed by atoms with van der Waals surface area (Å²) in [5.74, 6) is -0.800. The second-order valence-corrected chi connectivity index (χ2v) is 7.96. The quantitative estimate of drug-likeness (QED) is 0.440. The number of nitrogens with zero attached hydrogens (tertiary/aromatic N) is 5. The van der Waals surface area contributed by atoms with Gasteiger partial charge in [-0.25, -0.2) is 9.37 Å². The van der Waals surface area contributed by atoms with E-state index in [1.54, 1.807) is 23.2 Å². The number of rotatable bonds is 6. The molecule has 2 atom stereocenters. The normalized spacial score (nSPS) is 18.2. The molecule has 0 aliphatic carbocycles. The summed E-state index contributed by atoms with van der Waals surface area (Å²) in [5.41, 5.74) is 4.45. The van der Waals surface area contributed by atoms with E-state index < -0.39 is 18.1 Å². The fraction of sp³-hybridized carbons (Fsp3) is 0.261. The predicted octanol–water partition coefficient (Wildman–Crippen LogP) is 2.06. The number of halogens is 1. The van der Waals surface area contributed by atoms with Gasteiger partial charge in [0.15, 0.2) is 0 Å². The van der Waals surface area contributed by atoms with E-state index in [0.717, 1.165) is 39.4 Å². The van der Waals surface area contributed by atoms with Gasteiger partial charge in [0.2, 0.25) is 11.8 Å². The molecule has 33 heavy (non-hydrogen) atoms. The van der Waals surface area contributed by atoms with Gasteiger partial charge in [-0.1, -0.05) is 6.58 Å². The van der Waals surface area contributed by atoms with Gasteiger partial charge in [0.05, 0.1) is 18.3 Å². The standard InChI is InChI=1S/C23H22FN7O2/c1-2-21(32)30-13-14(24)10-20(30)23(33)26-8-5-15-11-17-16(6-9-25-22(17)29-15)18-12-28-31-19(18)4-3-7-27-31/h2-4,6-7,9,11-12,14,20H,1,5,8,10,13H2,(H,25,29)(H,26,33)/t14-,20+/m1/s1. The van der Waals surface area contributed by atoms with Crippen LogP contribution >= 0.6 is 0 Å². The number of amides is 2. The number of H-pyrrole nitrogens is 1. The fourth-order valence-corrected chi connectivity index (χ4v) is 4.32. The van der Waals surface area contributed by atoms with E-state index in [0.29, 0.717) is 13.0 Å². The van der Waals surface area contributed by atoms with Crippen molar-refractivity contribution < 1.29 is 14.0 Å². The minimum absolute atomic E-state index is 0.000408. The van der Waals surface area contributed by atoms with Crippen LogP contribution in [-0.2, 0) is 16.0 Å². The zero-order valence-corrected chi connectivity index (χ0v) is 17.7. The molecule has 1 aliphatic heterocycles. The Morgan fingerprint density at radius 1 is 1.27 bits per heavy atom. The molecule has 9 nitrogen and oxygen atoms in total. The Labute approximate surface area is 188 Å². The molecular formula is C23H22FN7O2. The summed E-state index contributed by atoms with van der Waals surface area (Å²) in [6.45, 7) is 3.68. The molecule has 2 N–H and O–H groups in total. The first-order valence-electron chi connectivity index (χ1n) is 10.7. The Morgan fingerprint density at radius 3 is 3.00 bits per heavy atom. The topological polar surface area (TPSA) is 108 Å². The van der Waals surface area contributed by atoms with Crippen LogP contribution < -0.4 is 5.32 Å². The lowest BCUT2D eigenvalue weighted by Crippen LogP contribution is -2.45. The van der Waals surface area contributed by atoms with E-state index in [1.807, 2.05) is 24.3 Å². The molecule has 4 aromatic heterocycles. The highest BCUT2D eigenvalue weighted by molar-refractivity contribution is 5.97. The lowest BCUT2D eigenvalue weighted by Gasteiger charge is -2.22. The van der Waals surface area contributed by atoms with Gasteiger partial charge in [-0.2, -0.15) is 14.8 Å². The molecule has 1 saturated heterocycles. The minimum atomic E-state index is -1.21. The summed E-state index contributed by atoms with van der Waals surface area (Å²) < 4.78 is 15.4.